The Morgan fingerprint density at radius 1 is 1.58 bits per heavy atom. The van der Waals surface area contributed by atoms with Crippen LogP contribution >= 0.6 is 27.5 Å². The van der Waals surface area contributed by atoms with Crippen LogP contribution in [0.2, 0.25) is 5.02 Å². The molecule has 0 aliphatic rings. The summed E-state index contributed by atoms with van der Waals surface area (Å²) in [5, 5.41) is 0.447. The van der Waals surface area contributed by atoms with E-state index in [1.165, 1.54) is 6.08 Å². The molecule has 0 bridgehead atoms. The van der Waals surface area contributed by atoms with Crippen molar-refractivity contribution >= 4 is 33.3 Å². The predicted molar refractivity (Wildman–Crippen MR) is 53.7 cm³/mol. The molecule has 0 saturated carbocycles. The highest BCUT2D eigenvalue weighted by Gasteiger charge is 2.06. The molecule has 0 spiro atoms. The maximum absolute atomic E-state index is 11.2. The molecule has 62 valence electrons. The first-order valence-electron chi connectivity index (χ1n) is 3.27. The van der Waals surface area contributed by atoms with Crippen molar-refractivity contribution in [2.45, 2.75) is 0 Å². The van der Waals surface area contributed by atoms with Crippen LogP contribution in [0, 0.1) is 0 Å². The third-order valence-corrected chi connectivity index (χ3v) is 2.20. The van der Waals surface area contributed by atoms with Gasteiger partial charge in [-0.05, 0) is 24.3 Å². The zero-order chi connectivity index (χ0) is 9.14. The maximum Gasteiger partial charge on any atom is 0.186 e. The van der Waals surface area contributed by atoms with Crippen LogP contribution in [0.25, 0.3) is 0 Å². The maximum atomic E-state index is 11.2. The van der Waals surface area contributed by atoms with Crippen LogP contribution in [0.15, 0.2) is 35.3 Å². The lowest BCUT2D eigenvalue weighted by atomic mass is 10.1. The van der Waals surface area contributed by atoms with Crippen LogP contribution in [-0.2, 0) is 0 Å². The number of hydrogen-bond acceptors (Lipinski definition) is 1. The SMILES string of the molecule is C=CC(=O)c1cc(Br)ccc1Cl. The lowest BCUT2D eigenvalue weighted by Crippen LogP contribution is -1.94. The molecule has 0 aliphatic heterocycles. The molecule has 0 aliphatic carbocycles. The van der Waals surface area contributed by atoms with Crippen molar-refractivity contribution in [3.05, 3.63) is 45.9 Å². The van der Waals surface area contributed by atoms with Crippen LogP contribution < -0.4 is 0 Å². The van der Waals surface area contributed by atoms with E-state index in [2.05, 4.69) is 22.5 Å². The molecule has 0 N–H and O–H groups in total. The normalized spacial score (nSPS) is 9.50. The fourth-order valence-electron chi connectivity index (χ4n) is 0.796. The van der Waals surface area contributed by atoms with Crippen LogP contribution in [0.5, 0.6) is 0 Å². The number of halogens is 2. The molecule has 1 aromatic rings. The van der Waals surface area contributed by atoms with Gasteiger partial charge in [0.2, 0.25) is 0 Å². The van der Waals surface area contributed by atoms with E-state index in [-0.39, 0.29) is 5.78 Å². The molecule has 0 radical (unpaired) electrons. The summed E-state index contributed by atoms with van der Waals surface area (Å²) < 4.78 is 0.831. The Bertz CT molecular complexity index is 333. The highest BCUT2D eigenvalue weighted by atomic mass is 79.9. The van der Waals surface area contributed by atoms with Gasteiger partial charge >= 0.3 is 0 Å². The average molecular weight is 246 g/mol. The molecule has 1 rings (SSSR count). The van der Waals surface area contributed by atoms with Gasteiger partial charge in [0.15, 0.2) is 5.78 Å². The molecular formula is C9H6BrClO. The number of hydrogen-bond donors (Lipinski definition) is 0. The Morgan fingerprint density at radius 2 is 2.25 bits per heavy atom. The molecule has 1 aromatic carbocycles. The standard InChI is InChI=1S/C9H6BrClO/c1-2-9(12)7-5-6(10)3-4-8(7)11/h2-5H,1H2. The highest BCUT2D eigenvalue weighted by Crippen LogP contribution is 2.21. The Balaban J connectivity index is 3.22. The van der Waals surface area contributed by atoms with Gasteiger partial charge < -0.3 is 0 Å². The zero-order valence-electron chi connectivity index (χ0n) is 6.18. The fourth-order valence-corrected chi connectivity index (χ4v) is 1.37. The molecule has 0 heterocycles. The summed E-state index contributed by atoms with van der Waals surface area (Å²) in [4.78, 5) is 11.2. The van der Waals surface area contributed by atoms with Crippen LogP contribution in [0.4, 0.5) is 0 Å². The second-order valence-corrected chi connectivity index (χ2v) is 3.52. The van der Waals surface area contributed by atoms with Gasteiger partial charge in [-0.25, -0.2) is 0 Å². The quantitative estimate of drug-likeness (QED) is 0.576. The third kappa shape index (κ3) is 1.96. The van der Waals surface area contributed by atoms with Crippen LogP contribution in [-0.4, -0.2) is 5.78 Å². The fraction of sp³-hybridized carbons (Fsp3) is 0. The topological polar surface area (TPSA) is 17.1 Å². The van der Waals surface area contributed by atoms with Crippen molar-refractivity contribution in [3.8, 4) is 0 Å². The van der Waals surface area contributed by atoms with Gasteiger partial charge in [0.05, 0.1) is 5.02 Å². The largest absolute Gasteiger partial charge is 0.289 e. The first kappa shape index (κ1) is 9.49. The molecule has 0 fully saturated rings. The zero-order valence-corrected chi connectivity index (χ0v) is 8.52. The number of benzene rings is 1. The molecular weight excluding hydrogens is 239 g/mol. The van der Waals surface area contributed by atoms with Gasteiger partial charge in [0.25, 0.3) is 0 Å². The minimum Gasteiger partial charge on any atom is -0.289 e. The molecule has 1 nitrogen and oxygen atoms in total. The number of carbonyl (C=O) groups is 1. The summed E-state index contributed by atoms with van der Waals surface area (Å²) in [6.07, 6.45) is 1.24. The Labute approximate surface area is 84.2 Å². The van der Waals surface area contributed by atoms with Gasteiger partial charge in [-0.2, -0.15) is 0 Å². The minimum absolute atomic E-state index is 0.165. The molecule has 0 aromatic heterocycles. The van der Waals surface area contributed by atoms with E-state index in [1.807, 2.05) is 0 Å². The first-order valence-corrected chi connectivity index (χ1v) is 4.44. The van der Waals surface area contributed by atoms with E-state index >= 15 is 0 Å². The van der Waals surface area contributed by atoms with Gasteiger partial charge in [0.1, 0.15) is 0 Å². The Hall–Kier alpha value is -0.600. The van der Waals surface area contributed by atoms with E-state index in [4.69, 9.17) is 11.6 Å². The van der Waals surface area contributed by atoms with Crippen molar-refractivity contribution in [2.75, 3.05) is 0 Å². The van der Waals surface area contributed by atoms with Crippen molar-refractivity contribution in [1.29, 1.82) is 0 Å². The first-order chi connectivity index (χ1) is 5.65. The molecule has 0 atom stereocenters. The lowest BCUT2D eigenvalue weighted by Gasteiger charge is -1.99. The lowest BCUT2D eigenvalue weighted by molar-refractivity contribution is 0.104. The second kappa shape index (κ2) is 3.87. The van der Waals surface area contributed by atoms with Gasteiger partial charge in [-0.15, -0.1) is 0 Å². The molecule has 0 amide bonds. The van der Waals surface area contributed by atoms with E-state index in [0.29, 0.717) is 10.6 Å². The van der Waals surface area contributed by atoms with E-state index < -0.39 is 0 Å². The monoisotopic (exact) mass is 244 g/mol. The van der Waals surface area contributed by atoms with Crippen LogP contribution in [0.1, 0.15) is 10.4 Å². The molecule has 0 unspecified atom stereocenters. The number of allylic oxidation sites excluding steroid dienone is 1. The Morgan fingerprint density at radius 3 is 2.83 bits per heavy atom. The summed E-state index contributed by atoms with van der Waals surface area (Å²) in [7, 11) is 0. The minimum atomic E-state index is -0.165. The summed E-state index contributed by atoms with van der Waals surface area (Å²) in [5.41, 5.74) is 0.473. The average Bonchev–Trinajstić information content (AvgIpc) is 2.08. The van der Waals surface area contributed by atoms with E-state index in [1.54, 1.807) is 18.2 Å². The van der Waals surface area contributed by atoms with Crippen molar-refractivity contribution < 1.29 is 4.79 Å². The van der Waals surface area contributed by atoms with Crippen molar-refractivity contribution in [2.24, 2.45) is 0 Å². The smallest absolute Gasteiger partial charge is 0.186 e. The predicted octanol–water partition coefficient (Wildman–Crippen LogP) is 3.47. The van der Waals surface area contributed by atoms with Crippen molar-refractivity contribution in [3.63, 3.8) is 0 Å². The number of ketones is 1. The summed E-state index contributed by atoms with van der Waals surface area (Å²) >= 11 is 9.03. The number of carbonyl (C=O) groups excluding carboxylic acids is 1. The third-order valence-electron chi connectivity index (χ3n) is 1.38. The molecule has 3 heteroatoms. The van der Waals surface area contributed by atoms with Gasteiger partial charge in [-0.1, -0.05) is 34.1 Å². The number of rotatable bonds is 2. The molecule has 12 heavy (non-hydrogen) atoms. The highest BCUT2D eigenvalue weighted by molar-refractivity contribution is 9.10. The molecule has 0 saturated heterocycles. The van der Waals surface area contributed by atoms with E-state index in [0.717, 1.165) is 4.47 Å². The Kier molecular flexibility index (Phi) is 3.06. The van der Waals surface area contributed by atoms with Crippen molar-refractivity contribution in [1.82, 2.24) is 0 Å². The van der Waals surface area contributed by atoms with E-state index in [9.17, 15) is 4.79 Å². The second-order valence-electron chi connectivity index (χ2n) is 2.19. The summed E-state index contributed by atoms with van der Waals surface area (Å²) in [6, 6.07) is 5.12. The van der Waals surface area contributed by atoms with Crippen LogP contribution in [0.3, 0.4) is 0 Å². The van der Waals surface area contributed by atoms with Gasteiger partial charge in [0, 0.05) is 10.0 Å². The summed E-state index contributed by atoms with van der Waals surface area (Å²) in [6.45, 7) is 3.38. The summed E-state index contributed by atoms with van der Waals surface area (Å²) in [5.74, 6) is -0.165. The van der Waals surface area contributed by atoms with Gasteiger partial charge in [-0.3, -0.25) is 4.79 Å².